The molecule has 1 fully saturated rings. The summed E-state index contributed by atoms with van der Waals surface area (Å²) in [5.74, 6) is 0.638. The number of nitrogens with one attached hydrogen (secondary N) is 2. The van der Waals surface area contributed by atoms with E-state index >= 15 is 0 Å². The van der Waals surface area contributed by atoms with E-state index in [0.29, 0.717) is 36.7 Å². The molecule has 2 aromatic heterocycles. The number of aromatic nitrogens is 4. The molecule has 174 valence electrons. The van der Waals surface area contributed by atoms with E-state index in [-0.39, 0.29) is 24.2 Å². The van der Waals surface area contributed by atoms with Gasteiger partial charge >= 0.3 is 5.97 Å². The predicted octanol–water partition coefficient (Wildman–Crippen LogP) is 0.795. The first-order valence-corrected chi connectivity index (χ1v) is 11.0. The summed E-state index contributed by atoms with van der Waals surface area (Å²) in [6.07, 6.45) is 2.90. The van der Waals surface area contributed by atoms with Crippen molar-refractivity contribution in [3.63, 3.8) is 0 Å². The Labute approximate surface area is 186 Å². The van der Waals surface area contributed by atoms with Gasteiger partial charge in [0.1, 0.15) is 11.9 Å². The standard InChI is InChI=1S/C21H31N7O4/c1-14(2)20(21(31)32-3)23-18(29)10-9-17-25-24-16-8-7-15(26-28(16)17)22-11-5-13-27-12-4-6-19(27)30/h7-8,14,20H,4-6,9-13H2,1-3H3,(H,22,26)(H,23,29)/t20-/m0/s1. The van der Waals surface area contributed by atoms with Crippen molar-refractivity contribution >= 4 is 29.2 Å². The molecule has 2 N–H and O–H groups in total. The minimum Gasteiger partial charge on any atom is -0.467 e. The Morgan fingerprint density at radius 1 is 1.25 bits per heavy atom. The number of esters is 1. The Bertz CT molecular complexity index is 959. The highest BCUT2D eigenvalue weighted by molar-refractivity contribution is 5.84. The monoisotopic (exact) mass is 445 g/mol. The average Bonchev–Trinajstić information content (AvgIpc) is 3.38. The van der Waals surface area contributed by atoms with Gasteiger partial charge in [0.25, 0.3) is 0 Å². The molecule has 0 aliphatic carbocycles. The van der Waals surface area contributed by atoms with E-state index < -0.39 is 12.0 Å². The minimum atomic E-state index is -0.688. The molecule has 3 rings (SSSR count). The molecule has 0 aromatic carbocycles. The summed E-state index contributed by atoms with van der Waals surface area (Å²) in [6.45, 7) is 5.96. The molecule has 2 aromatic rings. The molecule has 1 aliphatic heterocycles. The number of rotatable bonds is 11. The third-order valence-corrected chi connectivity index (χ3v) is 5.42. The van der Waals surface area contributed by atoms with Gasteiger partial charge in [-0.25, -0.2) is 4.79 Å². The molecule has 11 heteroatoms. The van der Waals surface area contributed by atoms with Crippen molar-refractivity contribution in [3.8, 4) is 0 Å². The second kappa shape index (κ2) is 10.9. The van der Waals surface area contributed by atoms with Crippen LogP contribution in [0.5, 0.6) is 0 Å². The number of amides is 2. The molecule has 32 heavy (non-hydrogen) atoms. The first-order valence-electron chi connectivity index (χ1n) is 11.0. The van der Waals surface area contributed by atoms with Crippen LogP contribution in [0, 0.1) is 5.92 Å². The fourth-order valence-corrected chi connectivity index (χ4v) is 3.61. The maximum absolute atomic E-state index is 12.3. The van der Waals surface area contributed by atoms with Gasteiger partial charge in [0.15, 0.2) is 11.5 Å². The summed E-state index contributed by atoms with van der Waals surface area (Å²) in [5.41, 5.74) is 0.586. The quantitative estimate of drug-likeness (QED) is 0.384. The van der Waals surface area contributed by atoms with Gasteiger partial charge in [-0.3, -0.25) is 9.59 Å². The lowest BCUT2D eigenvalue weighted by molar-refractivity contribution is -0.146. The van der Waals surface area contributed by atoms with E-state index in [1.807, 2.05) is 30.9 Å². The Morgan fingerprint density at radius 2 is 2.06 bits per heavy atom. The van der Waals surface area contributed by atoms with Crippen molar-refractivity contribution in [3.05, 3.63) is 18.0 Å². The van der Waals surface area contributed by atoms with Crippen LogP contribution >= 0.6 is 0 Å². The van der Waals surface area contributed by atoms with Gasteiger partial charge in [-0.05, 0) is 30.9 Å². The number of fused-ring (bicyclic) bond motifs is 1. The Morgan fingerprint density at radius 3 is 2.75 bits per heavy atom. The highest BCUT2D eigenvalue weighted by Crippen LogP contribution is 2.11. The predicted molar refractivity (Wildman–Crippen MR) is 117 cm³/mol. The highest BCUT2D eigenvalue weighted by atomic mass is 16.5. The lowest BCUT2D eigenvalue weighted by Crippen LogP contribution is -2.45. The number of methoxy groups -OCH3 is 1. The second-order valence-corrected chi connectivity index (χ2v) is 8.18. The maximum atomic E-state index is 12.3. The van der Waals surface area contributed by atoms with Crippen molar-refractivity contribution < 1.29 is 19.1 Å². The number of hydrogen-bond donors (Lipinski definition) is 2. The first-order chi connectivity index (χ1) is 15.4. The van der Waals surface area contributed by atoms with Crippen molar-refractivity contribution in [1.82, 2.24) is 30.0 Å². The Hall–Kier alpha value is -3.24. The SMILES string of the molecule is COC(=O)[C@@H](NC(=O)CCc1nnc2ccc(NCCCN3CCCC3=O)nn12)C(C)C. The average molecular weight is 446 g/mol. The third kappa shape index (κ3) is 5.92. The molecule has 0 saturated carbocycles. The van der Waals surface area contributed by atoms with E-state index in [2.05, 4.69) is 25.9 Å². The van der Waals surface area contributed by atoms with E-state index in [1.54, 1.807) is 4.52 Å². The van der Waals surface area contributed by atoms with E-state index in [9.17, 15) is 14.4 Å². The molecule has 1 aliphatic rings. The van der Waals surface area contributed by atoms with Crippen LogP contribution < -0.4 is 10.6 Å². The van der Waals surface area contributed by atoms with Gasteiger partial charge in [0, 0.05) is 38.9 Å². The van der Waals surface area contributed by atoms with Gasteiger partial charge in [-0.1, -0.05) is 13.8 Å². The molecule has 2 amide bonds. The Kier molecular flexibility index (Phi) is 7.96. The zero-order chi connectivity index (χ0) is 23.1. The first kappa shape index (κ1) is 23.4. The summed E-state index contributed by atoms with van der Waals surface area (Å²) in [4.78, 5) is 37.7. The van der Waals surface area contributed by atoms with Gasteiger partial charge in [0.2, 0.25) is 11.8 Å². The molecule has 3 heterocycles. The molecule has 1 atom stereocenters. The minimum absolute atomic E-state index is 0.0841. The number of likely N-dealkylation sites (tertiary alicyclic amines) is 1. The van der Waals surface area contributed by atoms with Crippen LogP contribution in [-0.4, -0.2) is 75.3 Å². The van der Waals surface area contributed by atoms with Crippen LogP contribution in [0.2, 0.25) is 0 Å². The molecule has 1 saturated heterocycles. The lowest BCUT2D eigenvalue weighted by atomic mass is 10.0. The number of nitrogens with zero attached hydrogens (tertiary/aromatic N) is 5. The summed E-state index contributed by atoms with van der Waals surface area (Å²) in [7, 11) is 1.30. The van der Waals surface area contributed by atoms with Crippen LogP contribution in [0.15, 0.2) is 12.1 Å². The van der Waals surface area contributed by atoms with Crippen LogP contribution in [-0.2, 0) is 25.5 Å². The summed E-state index contributed by atoms with van der Waals surface area (Å²) >= 11 is 0. The van der Waals surface area contributed by atoms with Crippen molar-refractivity contribution in [2.45, 2.75) is 52.0 Å². The fourth-order valence-electron chi connectivity index (χ4n) is 3.61. The van der Waals surface area contributed by atoms with Crippen molar-refractivity contribution in [1.29, 1.82) is 0 Å². The van der Waals surface area contributed by atoms with Crippen molar-refractivity contribution in [2.75, 3.05) is 32.1 Å². The summed E-state index contributed by atoms with van der Waals surface area (Å²) in [5, 5.41) is 18.7. The zero-order valence-electron chi connectivity index (χ0n) is 18.8. The highest BCUT2D eigenvalue weighted by Gasteiger charge is 2.25. The zero-order valence-corrected chi connectivity index (χ0v) is 18.8. The second-order valence-electron chi connectivity index (χ2n) is 8.18. The summed E-state index contributed by atoms with van der Waals surface area (Å²) in [6, 6.07) is 2.94. The van der Waals surface area contributed by atoms with Gasteiger partial charge in [-0.15, -0.1) is 15.3 Å². The number of ether oxygens (including phenoxy) is 1. The van der Waals surface area contributed by atoms with Crippen LogP contribution in [0.4, 0.5) is 5.82 Å². The molecule has 0 unspecified atom stereocenters. The number of carbonyl (C=O) groups excluding carboxylic acids is 3. The third-order valence-electron chi connectivity index (χ3n) is 5.42. The number of carbonyl (C=O) groups is 3. The largest absolute Gasteiger partial charge is 0.467 e. The van der Waals surface area contributed by atoms with Gasteiger partial charge in [-0.2, -0.15) is 4.52 Å². The van der Waals surface area contributed by atoms with Gasteiger partial charge in [0.05, 0.1) is 7.11 Å². The smallest absolute Gasteiger partial charge is 0.328 e. The molecular weight excluding hydrogens is 414 g/mol. The van der Waals surface area contributed by atoms with E-state index in [0.717, 1.165) is 25.9 Å². The lowest BCUT2D eigenvalue weighted by Gasteiger charge is -2.19. The topological polar surface area (TPSA) is 131 Å². The number of aryl methyl sites for hydroxylation is 1. The molecule has 0 bridgehead atoms. The van der Waals surface area contributed by atoms with Crippen LogP contribution in [0.3, 0.4) is 0 Å². The molecule has 0 spiro atoms. The van der Waals surface area contributed by atoms with Crippen LogP contribution in [0.25, 0.3) is 5.65 Å². The molecule has 11 nitrogen and oxygen atoms in total. The molecular formula is C21H31N7O4. The van der Waals surface area contributed by atoms with Crippen LogP contribution in [0.1, 0.15) is 45.4 Å². The number of anilines is 1. The maximum Gasteiger partial charge on any atom is 0.328 e. The molecule has 0 radical (unpaired) electrons. The normalized spacial score (nSPS) is 14.8. The summed E-state index contributed by atoms with van der Waals surface area (Å²) < 4.78 is 6.36. The Balaban J connectivity index is 1.53. The van der Waals surface area contributed by atoms with Crippen molar-refractivity contribution in [2.24, 2.45) is 5.92 Å². The van der Waals surface area contributed by atoms with E-state index in [1.165, 1.54) is 7.11 Å². The fraction of sp³-hybridized carbons (Fsp3) is 0.619. The van der Waals surface area contributed by atoms with Gasteiger partial charge < -0.3 is 20.3 Å². The van der Waals surface area contributed by atoms with E-state index in [4.69, 9.17) is 4.74 Å². The number of hydrogen-bond acceptors (Lipinski definition) is 8.